The van der Waals surface area contributed by atoms with Gasteiger partial charge in [-0.25, -0.2) is 4.39 Å². The van der Waals surface area contributed by atoms with Crippen LogP contribution in [0.3, 0.4) is 0 Å². The Morgan fingerprint density at radius 3 is 2.64 bits per heavy atom. The van der Waals surface area contributed by atoms with Crippen molar-refractivity contribution in [2.45, 2.75) is 32.5 Å². The molecule has 0 saturated heterocycles. The lowest BCUT2D eigenvalue weighted by atomic mass is 9.99. The summed E-state index contributed by atoms with van der Waals surface area (Å²) in [6.07, 6.45) is 1.65. The van der Waals surface area contributed by atoms with Gasteiger partial charge in [-0.1, -0.05) is 0 Å². The van der Waals surface area contributed by atoms with E-state index >= 15 is 0 Å². The van der Waals surface area contributed by atoms with Crippen molar-refractivity contribution in [1.29, 1.82) is 0 Å². The van der Waals surface area contributed by atoms with Gasteiger partial charge in [-0.15, -0.1) is 0 Å². The van der Waals surface area contributed by atoms with E-state index in [0.29, 0.717) is 5.56 Å². The summed E-state index contributed by atoms with van der Waals surface area (Å²) in [7, 11) is 1.86. The molecule has 0 amide bonds. The van der Waals surface area contributed by atoms with Crippen molar-refractivity contribution in [2.24, 2.45) is 0 Å². The number of alkyl halides is 1. The van der Waals surface area contributed by atoms with Crippen LogP contribution in [0.1, 0.15) is 38.1 Å². The van der Waals surface area contributed by atoms with Crippen LogP contribution in [0.2, 0.25) is 0 Å². The van der Waals surface area contributed by atoms with Crippen molar-refractivity contribution < 1.29 is 4.39 Å². The minimum absolute atomic E-state index is 0.150. The molecule has 1 heterocycles. The van der Waals surface area contributed by atoms with Gasteiger partial charge in [0.1, 0.15) is 5.67 Å². The quantitative estimate of drug-likeness (QED) is 0.803. The molecule has 0 radical (unpaired) electrons. The molecular weight excluding hydrogens is 179 g/mol. The molecule has 1 N–H and O–H groups in total. The Balaban J connectivity index is 3.01. The molecule has 0 aliphatic carbocycles. The highest BCUT2D eigenvalue weighted by Crippen LogP contribution is 2.25. The zero-order valence-electron chi connectivity index (χ0n) is 9.13. The molecule has 0 aliphatic heterocycles. The van der Waals surface area contributed by atoms with Gasteiger partial charge in [0.2, 0.25) is 0 Å². The van der Waals surface area contributed by atoms with E-state index in [1.54, 1.807) is 32.2 Å². The molecule has 0 aromatic carbocycles. The summed E-state index contributed by atoms with van der Waals surface area (Å²) in [6.45, 7) is 5.10. The Hall–Kier alpha value is -0.960. The monoisotopic (exact) mass is 196 g/mol. The van der Waals surface area contributed by atoms with Gasteiger partial charge in [0.25, 0.3) is 0 Å². The van der Waals surface area contributed by atoms with E-state index in [4.69, 9.17) is 0 Å². The number of rotatable bonds is 3. The molecule has 0 aliphatic rings. The summed E-state index contributed by atoms with van der Waals surface area (Å²) < 4.78 is 13.6. The molecule has 1 rings (SSSR count). The van der Waals surface area contributed by atoms with Crippen molar-refractivity contribution >= 4 is 0 Å². The van der Waals surface area contributed by atoms with Crippen LogP contribution in [0, 0.1) is 0 Å². The predicted molar refractivity (Wildman–Crippen MR) is 55.8 cm³/mol. The lowest BCUT2D eigenvalue weighted by Crippen LogP contribution is -2.16. The number of halogens is 1. The highest BCUT2D eigenvalue weighted by molar-refractivity contribution is 5.23. The number of aromatic nitrogens is 1. The van der Waals surface area contributed by atoms with Gasteiger partial charge in [0, 0.05) is 12.2 Å². The Morgan fingerprint density at radius 2 is 2.14 bits per heavy atom. The third-order valence-electron chi connectivity index (χ3n) is 2.34. The van der Waals surface area contributed by atoms with Gasteiger partial charge in [-0.05, 0) is 45.5 Å². The van der Waals surface area contributed by atoms with Crippen LogP contribution in [-0.4, -0.2) is 12.0 Å². The van der Waals surface area contributed by atoms with Crippen LogP contribution in [-0.2, 0) is 5.67 Å². The lowest BCUT2D eigenvalue weighted by Gasteiger charge is -2.17. The molecule has 0 saturated carbocycles. The summed E-state index contributed by atoms with van der Waals surface area (Å²) in [5.41, 5.74) is 0.242. The summed E-state index contributed by atoms with van der Waals surface area (Å²) in [5.74, 6) is 0. The molecule has 1 unspecified atom stereocenters. The second-order valence-electron chi connectivity index (χ2n) is 3.95. The van der Waals surface area contributed by atoms with E-state index in [-0.39, 0.29) is 6.04 Å². The minimum Gasteiger partial charge on any atom is -0.312 e. The number of nitrogens with zero attached hydrogens (tertiary/aromatic N) is 1. The summed E-state index contributed by atoms with van der Waals surface area (Å²) in [5, 5.41) is 3.07. The van der Waals surface area contributed by atoms with Crippen molar-refractivity contribution in [3.63, 3.8) is 0 Å². The van der Waals surface area contributed by atoms with E-state index in [9.17, 15) is 4.39 Å². The molecule has 0 fully saturated rings. The molecule has 1 aromatic heterocycles. The normalized spacial score (nSPS) is 14.1. The van der Waals surface area contributed by atoms with Crippen LogP contribution >= 0.6 is 0 Å². The highest BCUT2D eigenvalue weighted by atomic mass is 19.1. The maximum atomic E-state index is 13.6. The first kappa shape index (κ1) is 11.1. The summed E-state index contributed by atoms with van der Waals surface area (Å²) >= 11 is 0. The molecule has 0 bridgehead atoms. The fourth-order valence-electron chi connectivity index (χ4n) is 1.20. The van der Waals surface area contributed by atoms with Crippen LogP contribution in [0.25, 0.3) is 0 Å². The maximum Gasteiger partial charge on any atom is 0.130 e. The second-order valence-corrected chi connectivity index (χ2v) is 3.95. The van der Waals surface area contributed by atoms with Crippen LogP contribution in [0.4, 0.5) is 4.39 Å². The maximum absolute atomic E-state index is 13.6. The van der Waals surface area contributed by atoms with Gasteiger partial charge < -0.3 is 5.32 Å². The van der Waals surface area contributed by atoms with Gasteiger partial charge in [-0.2, -0.15) is 0 Å². The number of hydrogen-bond acceptors (Lipinski definition) is 2. The third-order valence-corrected chi connectivity index (χ3v) is 2.34. The van der Waals surface area contributed by atoms with Gasteiger partial charge in [0.05, 0.1) is 5.69 Å². The molecule has 3 heteroatoms. The Bertz CT molecular complexity index is 304. The van der Waals surface area contributed by atoms with E-state index < -0.39 is 5.67 Å². The molecule has 1 aromatic rings. The van der Waals surface area contributed by atoms with E-state index in [0.717, 1.165) is 5.69 Å². The van der Waals surface area contributed by atoms with Crippen molar-refractivity contribution in [3.8, 4) is 0 Å². The fourth-order valence-corrected chi connectivity index (χ4v) is 1.20. The van der Waals surface area contributed by atoms with E-state index in [1.807, 2.05) is 14.0 Å². The van der Waals surface area contributed by atoms with Gasteiger partial charge >= 0.3 is 0 Å². The topological polar surface area (TPSA) is 24.9 Å². The molecule has 2 nitrogen and oxygen atoms in total. The fraction of sp³-hybridized carbons (Fsp3) is 0.545. The van der Waals surface area contributed by atoms with Crippen molar-refractivity contribution in [1.82, 2.24) is 10.3 Å². The predicted octanol–water partition coefficient (Wildman–Crippen LogP) is 2.57. The summed E-state index contributed by atoms with van der Waals surface area (Å²) in [4.78, 5) is 4.19. The van der Waals surface area contributed by atoms with Crippen LogP contribution < -0.4 is 5.32 Å². The number of pyridine rings is 1. The van der Waals surface area contributed by atoms with E-state index in [2.05, 4.69) is 10.3 Å². The second kappa shape index (κ2) is 4.05. The Labute approximate surface area is 84.6 Å². The first-order valence-corrected chi connectivity index (χ1v) is 4.77. The summed E-state index contributed by atoms with van der Waals surface area (Å²) in [6, 6.07) is 3.67. The third kappa shape index (κ3) is 2.51. The Morgan fingerprint density at radius 1 is 1.50 bits per heavy atom. The highest BCUT2D eigenvalue weighted by Gasteiger charge is 2.19. The SMILES string of the molecule is CNC(C)c1cc(C(C)(C)F)ccn1. The zero-order valence-corrected chi connectivity index (χ0v) is 9.13. The molecule has 1 atom stereocenters. The molecular formula is C11H17FN2. The molecule has 14 heavy (non-hydrogen) atoms. The first-order chi connectivity index (χ1) is 6.45. The van der Waals surface area contributed by atoms with Crippen LogP contribution in [0.15, 0.2) is 18.3 Å². The first-order valence-electron chi connectivity index (χ1n) is 4.77. The van der Waals surface area contributed by atoms with Crippen LogP contribution in [0.5, 0.6) is 0 Å². The zero-order chi connectivity index (χ0) is 10.8. The minimum atomic E-state index is -1.30. The lowest BCUT2D eigenvalue weighted by molar-refractivity contribution is 0.221. The van der Waals surface area contributed by atoms with Gasteiger partial charge in [0.15, 0.2) is 0 Å². The smallest absolute Gasteiger partial charge is 0.130 e. The largest absolute Gasteiger partial charge is 0.312 e. The van der Waals surface area contributed by atoms with E-state index in [1.165, 1.54) is 0 Å². The van der Waals surface area contributed by atoms with Gasteiger partial charge in [-0.3, -0.25) is 4.98 Å². The molecule has 0 spiro atoms. The number of nitrogens with one attached hydrogen (secondary N) is 1. The Kier molecular flexibility index (Phi) is 3.21. The molecule has 78 valence electrons. The average molecular weight is 196 g/mol. The van der Waals surface area contributed by atoms with Crippen molar-refractivity contribution in [3.05, 3.63) is 29.6 Å². The van der Waals surface area contributed by atoms with Crippen molar-refractivity contribution in [2.75, 3.05) is 7.05 Å². The average Bonchev–Trinajstić information content (AvgIpc) is 2.15. The number of hydrogen-bond donors (Lipinski definition) is 1. The standard InChI is InChI=1S/C11H17FN2/c1-8(13-4)10-7-9(5-6-14-10)11(2,3)12/h5-8,13H,1-4H3.